The standard InChI is InChI=1S/C17H22N4O/c1-11-13(12(2)21-20-11)8-9-17(22)19-16-7-3-6-15-14(16)5-4-10-18-15/h3-7,10-13,20-21H,8-9H2,1-2H3,(H,19,22). The molecule has 0 bridgehead atoms. The highest BCUT2D eigenvalue weighted by Gasteiger charge is 2.29. The zero-order chi connectivity index (χ0) is 15.5. The van der Waals surface area contributed by atoms with Crippen LogP contribution in [0.2, 0.25) is 0 Å². The lowest BCUT2D eigenvalue weighted by molar-refractivity contribution is -0.116. The normalized spacial score (nSPS) is 24.5. The summed E-state index contributed by atoms with van der Waals surface area (Å²) in [5, 5.41) is 3.99. The van der Waals surface area contributed by atoms with Crippen LogP contribution in [0.5, 0.6) is 0 Å². The average molecular weight is 298 g/mol. The molecule has 1 aliphatic heterocycles. The lowest BCUT2D eigenvalue weighted by Crippen LogP contribution is -2.30. The predicted octanol–water partition coefficient (Wildman–Crippen LogP) is 2.45. The third-order valence-electron chi connectivity index (χ3n) is 4.45. The van der Waals surface area contributed by atoms with Crippen LogP contribution < -0.4 is 16.2 Å². The van der Waals surface area contributed by atoms with E-state index in [0.29, 0.717) is 24.4 Å². The number of hydrogen-bond donors (Lipinski definition) is 3. The Morgan fingerprint density at radius 2 is 1.95 bits per heavy atom. The van der Waals surface area contributed by atoms with Gasteiger partial charge in [-0.1, -0.05) is 6.07 Å². The van der Waals surface area contributed by atoms with Gasteiger partial charge in [-0.3, -0.25) is 20.6 Å². The summed E-state index contributed by atoms with van der Waals surface area (Å²) in [4.78, 5) is 16.6. The summed E-state index contributed by atoms with van der Waals surface area (Å²) in [6, 6.07) is 10.4. The highest BCUT2D eigenvalue weighted by Crippen LogP contribution is 2.23. The number of hydrogen-bond acceptors (Lipinski definition) is 4. The van der Waals surface area contributed by atoms with Crippen LogP contribution in [0, 0.1) is 5.92 Å². The van der Waals surface area contributed by atoms with E-state index in [1.54, 1.807) is 6.20 Å². The Hall–Kier alpha value is -1.98. The molecule has 2 heterocycles. The zero-order valence-electron chi connectivity index (χ0n) is 13.0. The van der Waals surface area contributed by atoms with Crippen molar-refractivity contribution in [3.8, 4) is 0 Å². The van der Waals surface area contributed by atoms with Crippen molar-refractivity contribution < 1.29 is 4.79 Å². The molecular weight excluding hydrogens is 276 g/mol. The molecule has 1 amide bonds. The van der Waals surface area contributed by atoms with E-state index in [2.05, 4.69) is 35.0 Å². The third kappa shape index (κ3) is 3.10. The summed E-state index contributed by atoms with van der Waals surface area (Å²) in [5.74, 6) is 0.530. The topological polar surface area (TPSA) is 66.0 Å². The lowest BCUT2D eigenvalue weighted by Gasteiger charge is -2.17. The van der Waals surface area contributed by atoms with Gasteiger partial charge in [0, 0.05) is 30.1 Å². The van der Waals surface area contributed by atoms with Gasteiger partial charge in [-0.2, -0.15) is 0 Å². The SMILES string of the molecule is CC1NNC(C)C1CCC(=O)Nc1cccc2ncccc12. The number of rotatable bonds is 4. The highest BCUT2D eigenvalue weighted by molar-refractivity contribution is 6.00. The molecule has 1 aliphatic rings. The van der Waals surface area contributed by atoms with Crippen LogP contribution in [0.3, 0.4) is 0 Å². The van der Waals surface area contributed by atoms with Gasteiger partial charge in [-0.25, -0.2) is 0 Å². The van der Waals surface area contributed by atoms with Gasteiger partial charge >= 0.3 is 0 Å². The number of aromatic nitrogens is 1. The van der Waals surface area contributed by atoms with E-state index in [0.717, 1.165) is 23.0 Å². The van der Waals surface area contributed by atoms with E-state index >= 15 is 0 Å². The van der Waals surface area contributed by atoms with Crippen molar-refractivity contribution in [3.05, 3.63) is 36.5 Å². The third-order valence-corrected chi connectivity index (χ3v) is 4.45. The quantitative estimate of drug-likeness (QED) is 0.811. The minimum absolute atomic E-state index is 0.0580. The number of fused-ring (bicyclic) bond motifs is 1. The summed E-state index contributed by atoms with van der Waals surface area (Å²) < 4.78 is 0. The Balaban J connectivity index is 1.64. The monoisotopic (exact) mass is 298 g/mol. The first-order valence-corrected chi connectivity index (χ1v) is 7.80. The molecule has 2 aromatic rings. The number of pyridine rings is 1. The Labute approximate surface area is 130 Å². The molecule has 5 nitrogen and oxygen atoms in total. The molecule has 0 aliphatic carbocycles. The van der Waals surface area contributed by atoms with Crippen molar-refractivity contribution in [3.63, 3.8) is 0 Å². The number of nitrogens with zero attached hydrogens (tertiary/aromatic N) is 1. The van der Waals surface area contributed by atoms with Crippen molar-refractivity contribution in [1.29, 1.82) is 0 Å². The molecule has 1 aromatic heterocycles. The van der Waals surface area contributed by atoms with Crippen molar-refractivity contribution in [2.75, 3.05) is 5.32 Å². The Morgan fingerprint density at radius 3 is 2.73 bits per heavy atom. The van der Waals surface area contributed by atoms with Gasteiger partial charge in [0.05, 0.1) is 11.2 Å². The Kier molecular flexibility index (Phi) is 4.36. The van der Waals surface area contributed by atoms with E-state index in [9.17, 15) is 4.79 Å². The largest absolute Gasteiger partial charge is 0.325 e. The van der Waals surface area contributed by atoms with Crippen LogP contribution in [-0.4, -0.2) is 23.0 Å². The molecule has 3 N–H and O–H groups in total. The van der Waals surface area contributed by atoms with E-state index in [1.807, 2.05) is 30.3 Å². The molecule has 5 heteroatoms. The van der Waals surface area contributed by atoms with Gasteiger partial charge in [0.25, 0.3) is 0 Å². The van der Waals surface area contributed by atoms with Crippen molar-refractivity contribution in [2.24, 2.45) is 5.92 Å². The van der Waals surface area contributed by atoms with E-state index in [4.69, 9.17) is 0 Å². The molecule has 1 saturated heterocycles. The molecule has 22 heavy (non-hydrogen) atoms. The number of nitrogens with one attached hydrogen (secondary N) is 3. The summed E-state index contributed by atoms with van der Waals surface area (Å²) in [5.41, 5.74) is 8.18. The minimum Gasteiger partial charge on any atom is -0.325 e. The fourth-order valence-electron chi connectivity index (χ4n) is 3.13. The first-order valence-electron chi connectivity index (χ1n) is 7.80. The van der Waals surface area contributed by atoms with Gasteiger partial charge in [-0.05, 0) is 50.5 Å². The lowest BCUT2D eigenvalue weighted by atomic mass is 9.91. The molecule has 1 aromatic carbocycles. The van der Waals surface area contributed by atoms with Crippen molar-refractivity contribution in [2.45, 2.75) is 38.8 Å². The predicted molar refractivity (Wildman–Crippen MR) is 88.3 cm³/mol. The summed E-state index contributed by atoms with van der Waals surface area (Å²) >= 11 is 0. The second kappa shape index (κ2) is 6.42. The maximum absolute atomic E-state index is 12.3. The smallest absolute Gasteiger partial charge is 0.224 e. The van der Waals surface area contributed by atoms with Crippen LogP contribution in [0.25, 0.3) is 10.9 Å². The number of carbonyl (C=O) groups is 1. The van der Waals surface area contributed by atoms with Crippen LogP contribution in [0.4, 0.5) is 5.69 Å². The van der Waals surface area contributed by atoms with Crippen LogP contribution in [-0.2, 0) is 4.79 Å². The molecule has 0 spiro atoms. The molecule has 1 fully saturated rings. The number of carbonyl (C=O) groups excluding carboxylic acids is 1. The molecule has 2 unspecified atom stereocenters. The average Bonchev–Trinajstić information content (AvgIpc) is 2.84. The molecule has 3 rings (SSSR count). The molecular formula is C17H22N4O. The molecule has 0 saturated carbocycles. The number of benzene rings is 1. The van der Waals surface area contributed by atoms with Crippen LogP contribution >= 0.6 is 0 Å². The fourth-order valence-corrected chi connectivity index (χ4v) is 3.13. The minimum atomic E-state index is 0.0580. The second-order valence-corrected chi connectivity index (χ2v) is 5.99. The van der Waals surface area contributed by atoms with E-state index in [1.165, 1.54) is 0 Å². The van der Waals surface area contributed by atoms with Crippen LogP contribution in [0.15, 0.2) is 36.5 Å². The van der Waals surface area contributed by atoms with Crippen molar-refractivity contribution >= 4 is 22.5 Å². The summed E-state index contributed by atoms with van der Waals surface area (Å²) in [7, 11) is 0. The first-order chi connectivity index (χ1) is 10.6. The Bertz CT molecular complexity index is 657. The summed E-state index contributed by atoms with van der Waals surface area (Å²) in [6.45, 7) is 4.30. The van der Waals surface area contributed by atoms with Crippen LogP contribution in [0.1, 0.15) is 26.7 Å². The van der Waals surface area contributed by atoms with Gasteiger partial charge in [0.1, 0.15) is 0 Å². The number of hydrazine groups is 1. The van der Waals surface area contributed by atoms with Crippen molar-refractivity contribution in [1.82, 2.24) is 15.8 Å². The van der Waals surface area contributed by atoms with E-state index in [-0.39, 0.29) is 5.91 Å². The first kappa shape index (κ1) is 14.9. The maximum Gasteiger partial charge on any atom is 0.224 e. The molecule has 116 valence electrons. The van der Waals surface area contributed by atoms with Gasteiger partial charge in [0.2, 0.25) is 5.91 Å². The zero-order valence-corrected chi connectivity index (χ0v) is 13.0. The maximum atomic E-state index is 12.3. The fraction of sp³-hybridized carbons (Fsp3) is 0.412. The van der Waals surface area contributed by atoms with Gasteiger partial charge < -0.3 is 5.32 Å². The Morgan fingerprint density at radius 1 is 1.18 bits per heavy atom. The second-order valence-electron chi connectivity index (χ2n) is 5.99. The van der Waals surface area contributed by atoms with Gasteiger partial charge in [-0.15, -0.1) is 0 Å². The number of anilines is 1. The molecule has 2 atom stereocenters. The van der Waals surface area contributed by atoms with E-state index < -0.39 is 0 Å². The highest BCUT2D eigenvalue weighted by atomic mass is 16.1. The van der Waals surface area contributed by atoms with Gasteiger partial charge in [0.15, 0.2) is 0 Å². The summed E-state index contributed by atoms with van der Waals surface area (Å²) in [6.07, 6.45) is 3.16. The molecule has 0 radical (unpaired) electrons. The number of amides is 1.